The molecule has 94 valence electrons. The van der Waals surface area contributed by atoms with Crippen LogP contribution in [0.5, 0.6) is 0 Å². The number of anilines is 1. The smallest absolute Gasteiger partial charge is 0.345 e. The average molecular weight is 256 g/mol. The molecule has 2 atom stereocenters. The van der Waals surface area contributed by atoms with E-state index in [1.807, 2.05) is 0 Å². The molecular formula is C10H16N4O2S. The van der Waals surface area contributed by atoms with Gasteiger partial charge in [-0.25, -0.2) is 4.98 Å². The average Bonchev–Trinajstić information content (AvgIpc) is 2.79. The molecule has 1 aromatic heterocycles. The Kier molecular flexibility index (Phi) is 3.90. The molecule has 0 spiro atoms. The monoisotopic (exact) mass is 256 g/mol. The van der Waals surface area contributed by atoms with E-state index in [9.17, 15) is 10.1 Å². The molecule has 0 aromatic carbocycles. The number of hydrogen-bond acceptors (Lipinski definition) is 6. The van der Waals surface area contributed by atoms with Crippen LogP contribution in [0.3, 0.4) is 0 Å². The number of thiazole rings is 1. The van der Waals surface area contributed by atoms with Crippen molar-refractivity contribution in [2.24, 2.45) is 5.92 Å². The third-order valence-electron chi connectivity index (χ3n) is 3.07. The molecule has 2 unspecified atom stereocenters. The zero-order chi connectivity index (χ0) is 12.3. The molecule has 0 amide bonds. The Morgan fingerprint density at radius 3 is 3.18 bits per heavy atom. The highest BCUT2D eigenvalue weighted by Crippen LogP contribution is 2.27. The molecule has 17 heavy (non-hydrogen) atoms. The van der Waals surface area contributed by atoms with Gasteiger partial charge in [-0.3, -0.25) is 10.1 Å². The Labute approximate surface area is 104 Å². The van der Waals surface area contributed by atoms with Gasteiger partial charge in [0.05, 0.1) is 4.92 Å². The lowest BCUT2D eigenvalue weighted by Gasteiger charge is -2.28. The Balaban J connectivity index is 1.92. The molecule has 1 fully saturated rings. The molecule has 6 nitrogen and oxygen atoms in total. The van der Waals surface area contributed by atoms with Crippen molar-refractivity contribution in [2.45, 2.75) is 25.8 Å². The lowest BCUT2D eigenvalue weighted by atomic mass is 9.93. The van der Waals surface area contributed by atoms with Crippen molar-refractivity contribution in [3.63, 3.8) is 0 Å². The molecule has 1 aliphatic heterocycles. The van der Waals surface area contributed by atoms with Crippen molar-refractivity contribution < 1.29 is 4.92 Å². The molecule has 1 aliphatic rings. The fraction of sp³-hybridized carbons (Fsp3) is 0.700. The van der Waals surface area contributed by atoms with E-state index in [-0.39, 0.29) is 11.0 Å². The van der Waals surface area contributed by atoms with E-state index in [0.29, 0.717) is 11.0 Å². The first-order chi connectivity index (χ1) is 8.16. The third-order valence-corrected chi connectivity index (χ3v) is 3.95. The second-order valence-corrected chi connectivity index (χ2v) is 5.31. The quantitative estimate of drug-likeness (QED) is 0.635. The van der Waals surface area contributed by atoms with Crippen molar-refractivity contribution >= 4 is 21.5 Å². The van der Waals surface area contributed by atoms with Crippen LogP contribution >= 0.6 is 11.3 Å². The van der Waals surface area contributed by atoms with Crippen LogP contribution in [0, 0.1) is 16.0 Å². The van der Waals surface area contributed by atoms with Crippen molar-refractivity contribution in [2.75, 3.05) is 18.4 Å². The van der Waals surface area contributed by atoms with Crippen molar-refractivity contribution in [3.8, 4) is 0 Å². The second kappa shape index (κ2) is 5.42. The lowest BCUT2D eigenvalue weighted by Crippen LogP contribution is -2.38. The van der Waals surface area contributed by atoms with E-state index in [4.69, 9.17) is 0 Å². The molecule has 0 saturated carbocycles. The van der Waals surface area contributed by atoms with Crippen LogP contribution in [0.1, 0.15) is 19.8 Å². The molecular weight excluding hydrogens is 240 g/mol. The Morgan fingerprint density at radius 1 is 1.76 bits per heavy atom. The first-order valence-electron chi connectivity index (χ1n) is 5.74. The van der Waals surface area contributed by atoms with Gasteiger partial charge in [0.15, 0.2) is 5.13 Å². The summed E-state index contributed by atoms with van der Waals surface area (Å²) in [5.41, 5.74) is 0. The molecule has 2 rings (SSSR count). The van der Waals surface area contributed by atoms with Crippen molar-refractivity contribution in [1.82, 2.24) is 10.3 Å². The van der Waals surface area contributed by atoms with Gasteiger partial charge in [-0.05, 0) is 50.1 Å². The van der Waals surface area contributed by atoms with Gasteiger partial charge in [0.1, 0.15) is 6.20 Å². The van der Waals surface area contributed by atoms with Crippen LogP contribution in [-0.4, -0.2) is 29.0 Å². The minimum Gasteiger partial charge on any atom is -0.359 e. The summed E-state index contributed by atoms with van der Waals surface area (Å²) in [6.45, 7) is 4.19. The number of hydrogen-bond donors (Lipinski definition) is 2. The number of nitro groups is 1. The fourth-order valence-electron chi connectivity index (χ4n) is 2.03. The van der Waals surface area contributed by atoms with Crippen LogP contribution in [0.15, 0.2) is 6.20 Å². The Hall–Kier alpha value is -1.21. The van der Waals surface area contributed by atoms with E-state index in [1.165, 1.54) is 19.0 Å². The van der Waals surface area contributed by atoms with Crippen molar-refractivity contribution in [1.29, 1.82) is 0 Å². The highest BCUT2D eigenvalue weighted by Gasteiger charge is 2.21. The predicted octanol–water partition coefficient (Wildman–Crippen LogP) is 1.85. The highest BCUT2D eigenvalue weighted by molar-refractivity contribution is 7.18. The molecule has 1 aromatic rings. The largest absolute Gasteiger partial charge is 0.359 e. The zero-order valence-electron chi connectivity index (χ0n) is 9.68. The van der Waals surface area contributed by atoms with Gasteiger partial charge in [-0.2, -0.15) is 0 Å². The molecule has 0 bridgehead atoms. The summed E-state index contributed by atoms with van der Waals surface area (Å²) in [5.74, 6) is 0.562. The van der Waals surface area contributed by atoms with Gasteiger partial charge in [-0.15, -0.1) is 0 Å². The normalized spacial score (nSPS) is 22.1. The maximum Gasteiger partial charge on any atom is 0.345 e. The van der Waals surface area contributed by atoms with Crippen LogP contribution in [-0.2, 0) is 0 Å². The first kappa shape index (κ1) is 12.3. The van der Waals surface area contributed by atoms with Crippen molar-refractivity contribution in [3.05, 3.63) is 16.3 Å². The summed E-state index contributed by atoms with van der Waals surface area (Å²) in [4.78, 5) is 14.2. The second-order valence-electron chi connectivity index (χ2n) is 4.30. The molecule has 7 heteroatoms. The minimum atomic E-state index is -0.407. The molecule has 0 radical (unpaired) electrons. The molecule has 0 aliphatic carbocycles. The van der Waals surface area contributed by atoms with Gasteiger partial charge in [0, 0.05) is 6.04 Å². The van der Waals surface area contributed by atoms with Crippen LogP contribution in [0.2, 0.25) is 0 Å². The van der Waals surface area contributed by atoms with Crippen LogP contribution in [0.4, 0.5) is 10.1 Å². The summed E-state index contributed by atoms with van der Waals surface area (Å²) in [5, 5.41) is 17.9. The number of rotatable bonds is 4. The first-order valence-corrected chi connectivity index (χ1v) is 6.56. The SMILES string of the molecule is CC(Nc1ncc([N+](=O)[O-])s1)C1CCCNC1. The lowest BCUT2D eigenvalue weighted by molar-refractivity contribution is -0.380. The third kappa shape index (κ3) is 3.13. The zero-order valence-corrected chi connectivity index (χ0v) is 10.5. The molecule has 2 N–H and O–H groups in total. The molecule has 1 saturated heterocycles. The van der Waals surface area contributed by atoms with Gasteiger partial charge < -0.3 is 10.6 Å². The topological polar surface area (TPSA) is 80.1 Å². The number of aromatic nitrogens is 1. The standard InChI is InChI=1S/C10H16N4O2S/c1-7(8-3-2-4-11-5-8)13-10-12-6-9(17-10)14(15)16/h6-8,11H,2-5H2,1H3,(H,12,13). The van der Waals surface area contributed by atoms with Crippen LogP contribution < -0.4 is 10.6 Å². The fourth-order valence-corrected chi connectivity index (χ4v) is 2.76. The summed E-state index contributed by atoms with van der Waals surface area (Å²) >= 11 is 1.09. The van der Waals surface area contributed by atoms with E-state index in [0.717, 1.165) is 24.4 Å². The molecule has 2 heterocycles. The predicted molar refractivity (Wildman–Crippen MR) is 67.4 cm³/mol. The maximum absolute atomic E-state index is 10.5. The number of piperidine rings is 1. The highest BCUT2D eigenvalue weighted by atomic mass is 32.1. The summed E-state index contributed by atoms with van der Waals surface area (Å²) < 4.78 is 0. The number of nitrogens with zero attached hydrogens (tertiary/aromatic N) is 2. The number of nitrogens with one attached hydrogen (secondary N) is 2. The van der Waals surface area contributed by atoms with E-state index in [2.05, 4.69) is 22.5 Å². The maximum atomic E-state index is 10.5. The van der Waals surface area contributed by atoms with E-state index in [1.54, 1.807) is 0 Å². The van der Waals surface area contributed by atoms with Gasteiger partial charge in [0.2, 0.25) is 0 Å². The van der Waals surface area contributed by atoms with Gasteiger partial charge in [0.25, 0.3) is 0 Å². The van der Waals surface area contributed by atoms with E-state index < -0.39 is 4.92 Å². The Bertz CT molecular complexity index is 389. The summed E-state index contributed by atoms with van der Waals surface area (Å²) in [6, 6.07) is 0.286. The Morgan fingerprint density at radius 2 is 2.59 bits per heavy atom. The summed E-state index contributed by atoms with van der Waals surface area (Å²) in [7, 11) is 0. The van der Waals surface area contributed by atoms with Gasteiger partial charge >= 0.3 is 5.00 Å². The minimum absolute atomic E-state index is 0.0847. The van der Waals surface area contributed by atoms with Crippen LogP contribution in [0.25, 0.3) is 0 Å². The van der Waals surface area contributed by atoms with E-state index >= 15 is 0 Å². The van der Waals surface area contributed by atoms with Gasteiger partial charge in [-0.1, -0.05) is 0 Å². The summed E-state index contributed by atoms with van der Waals surface area (Å²) in [6.07, 6.45) is 3.68.